The molecule has 19 atom stereocenters. The highest BCUT2D eigenvalue weighted by atomic mass is 16.7. The highest BCUT2D eigenvalue weighted by Crippen LogP contribution is 2.69. The number of fused-ring (bicyclic) bond motifs is 5. The lowest BCUT2D eigenvalue weighted by Crippen LogP contribution is -2.66. The van der Waals surface area contributed by atoms with E-state index in [0.717, 1.165) is 24.8 Å². The van der Waals surface area contributed by atoms with Gasteiger partial charge in [0.1, 0.15) is 36.6 Å². The quantitative estimate of drug-likeness (QED) is 0.147. The molecule has 3 saturated carbocycles. The van der Waals surface area contributed by atoms with E-state index in [9.17, 15) is 46.0 Å². The third-order valence-corrected chi connectivity index (χ3v) is 14.0. The van der Waals surface area contributed by atoms with E-state index >= 15 is 0 Å². The maximum absolute atomic E-state index is 12.7. The van der Waals surface area contributed by atoms with Crippen molar-refractivity contribution in [3.63, 3.8) is 0 Å². The lowest BCUT2D eigenvalue weighted by Gasteiger charge is -2.64. The fourth-order valence-corrected chi connectivity index (χ4v) is 11.3. The minimum absolute atomic E-state index is 0.0996. The molecule has 6 rings (SSSR count). The Kier molecular flexibility index (Phi) is 11.3. The fraction of sp³-hybridized carbons (Fsp3) is 0.946. The molecule has 9 N–H and O–H groups in total. The van der Waals surface area contributed by atoms with Crippen molar-refractivity contribution in [1.29, 1.82) is 0 Å². The Bertz CT molecular complexity index is 1220. The van der Waals surface area contributed by atoms with Gasteiger partial charge in [-0.15, -0.1) is 0 Å². The van der Waals surface area contributed by atoms with E-state index in [4.69, 9.17) is 18.9 Å². The fourth-order valence-electron chi connectivity index (χ4n) is 11.3. The lowest BCUT2D eigenvalue weighted by molar-refractivity contribution is -0.287. The molecule has 0 radical (unpaired) electrons. The van der Waals surface area contributed by atoms with Crippen LogP contribution in [0.4, 0.5) is 0 Å². The van der Waals surface area contributed by atoms with Crippen LogP contribution in [-0.4, -0.2) is 138 Å². The summed E-state index contributed by atoms with van der Waals surface area (Å²) in [6.07, 6.45) is -5.73. The van der Waals surface area contributed by atoms with Crippen LogP contribution in [0.25, 0.3) is 0 Å². The molecule has 0 aromatic rings. The standard InChI is InChI=1S/C37H62O13/c1-17(2)26(50-34-31(45)29(43)25(41)16-48-34)7-6-18(3)20-13-22(38)32-36(20,5)11-9-27-35(4)10-8-19(12-21(35)23(39)14-37(27,32)46)49-33-30(44)28(42)24(40)15-47-33/h12,17-20,22-34,38-46H,6-11,13-16H2,1-5H3. The molecule has 0 bridgehead atoms. The molecule has 4 aliphatic carbocycles. The molecule has 50 heavy (non-hydrogen) atoms. The Morgan fingerprint density at radius 1 is 0.800 bits per heavy atom. The number of aliphatic hydroxyl groups excluding tert-OH is 8. The van der Waals surface area contributed by atoms with Crippen LogP contribution in [0.15, 0.2) is 11.6 Å². The predicted octanol–water partition coefficient (Wildman–Crippen LogP) is 0.343. The zero-order valence-corrected chi connectivity index (χ0v) is 30.1. The van der Waals surface area contributed by atoms with Gasteiger partial charge < -0.3 is 64.9 Å². The summed E-state index contributed by atoms with van der Waals surface area (Å²) >= 11 is 0. The highest BCUT2D eigenvalue weighted by Gasteiger charge is 2.70. The molecule has 0 aromatic heterocycles. The van der Waals surface area contributed by atoms with Crippen LogP contribution in [0.1, 0.15) is 86.0 Å². The second kappa shape index (κ2) is 14.5. The summed E-state index contributed by atoms with van der Waals surface area (Å²) in [5.41, 5.74) is -1.38. The summed E-state index contributed by atoms with van der Waals surface area (Å²) in [4.78, 5) is 0. The zero-order chi connectivity index (χ0) is 36.5. The first-order valence-electron chi connectivity index (χ1n) is 18.9. The van der Waals surface area contributed by atoms with Crippen molar-refractivity contribution in [3.8, 4) is 0 Å². The predicted molar refractivity (Wildman–Crippen MR) is 178 cm³/mol. The van der Waals surface area contributed by atoms with E-state index in [1.54, 1.807) is 0 Å². The topological polar surface area (TPSA) is 219 Å². The first-order valence-corrected chi connectivity index (χ1v) is 18.9. The molecular formula is C37H62O13. The molecule has 2 aliphatic heterocycles. The van der Waals surface area contributed by atoms with E-state index in [1.807, 2.05) is 19.9 Å². The minimum atomic E-state index is -1.41. The molecule has 2 saturated heterocycles. The monoisotopic (exact) mass is 714 g/mol. The van der Waals surface area contributed by atoms with Crippen molar-refractivity contribution < 1.29 is 64.9 Å². The molecule has 0 aromatic carbocycles. The molecule has 0 amide bonds. The minimum Gasteiger partial charge on any atom is -0.393 e. The van der Waals surface area contributed by atoms with Crippen molar-refractivity contribution in [2.24, 2.45) is 40.4 Å². The highest BCUT2D eigenvalue weighted by molar-refractivity contribution is 5.33. The van der Waals surface area contributed by atoms with Gasteiger partial charge >= 0.3 is 0 Å². The van der Waals surface area contributed by atoms with Gasteiger partial charge in [0, 0.05) is 12.3 Å². The average Bonchev–Trinajstić information content (AvgIpc) is 3.34. The van der Waals surface area contributed by atoms with Gasteiger partial charge in [-0.3, -0.25) is 0 Å². The maximum Gasteiger partial charge on any atom is 0.186 e. The Morgan fingerprint density at radius 3 is 2.06 bits per heavy atom. The molecule has 13 heteroatoms. The van der Waals surface area contributed by atoms with E-state index < -0.39 is 84.4 Å². The number of hydrogen-bond acceptors (Lipinski definition) is 13. The van der Waals surface area contributed by atoms with Gasteiger partial charge in [0.2, 0.25) is 0 Å². The molecule has 288 valence electrons. The SMILES string of the molecule is CC(C)C(CCC(C)C1CC(O)C2C1(C)CCC1C3(C)CCC(OC4OCC(O)C(O)C4O)C=C3C(O)CC12O)OC1OCC(O)C(O)C1O. The first-order chi connectivity index (χ1) is 23.4. The second-order valence-corrected chi connectivity index (χ2v) is 17.4. The van der Waals surface area contributed by atoms with Crippen LogP contribution in [0.3, 0.4) is 0 Å². The Balaban J connectivity index is 1.14. The van der Waals surface area contributed by atoms with E-state index in [1.165, 1.54) is 0 Å². The smallest absolute Gasteiger partial charge is 0.186 e. The summed E-state index contributed by atoms with van der Waals surface area (Å²) < 4.78 is 23.2. The molecular weight excluding hydrogens is 652 g/mol. The summed E-state index contributed by atoms with van der Waals surface area (Å²) in [6, 6.07) is 0. The maximum atomic E-state index is 12.7. The van der Waals surface area contributed by atoms with Crippen molar-refractivity contribution >= 4 is 0 Å². The van der Waals surface area contributed by atoms with Gasteiger partial charge in [-0.05, 0) is 85.0 Å². The van der Waals surface area contributed by atoms with Crippen molar-refractivity contribution in [1.82, 2.24) is 0 Å². The molecule has 2 heterocycles. The number of ether oxygens (including phenoxy) is 4. The van der Waals surface area contributed by atoms with Crippen LogP contribution < -0.4 is 0 Å². The van der Waals surface area contributed by atoms with Gasteiger partial charge in [0.05, 0.1) is 43.2 Å². The van der Waals surface area contributed by atoms with Crippen molar-refractivity contribution in [2.45, 2.75) is 165 Å². The first kappa shape index (κ1) is 38.9. The molecule has 19 unspecified atom stereocenters. The number of hydrogen-bond donors (Lipinski definition) is 9. The van der Waals surface area contributed by atoms with Gasteiger partial charge in [-0.2, -0.15) is 0 Å². The third-order valence-electron chi connectivity index (χ3n) is 14.0. The van der Waals surface area contributed by atoms with Crippen LogP contribution in [0, 0.1) is 40.4 Å². The third kappa shape index (κ3) is 6.64. The van der Waals surface area contributed by atoms with Crippen LogP contribution >= 0.6 is 0 Å². The molecule has 5 fully saturated rings. The van der Waals surface area contributed by atoms with E-state index in [0.29, 0.717) is 25.7 Å². The Morgan fingerprint density at radius 2 is 1.42 bits per heavy atom. The van der Waals surface area contributed by atoms with Crippen LogP contribution in [-0.2, 0) is 18.9 Å². The van der Waals surface area contributed by atoms with Gasteiger partial charge in [0.25, 0.3) is 0 Å². The van der Waals surface area contributed by atoms with Crippen molar-refractivity contribution in [2.75, 3.05) is 13.2 Å². The Labute approximate surface area is 295 Å². The lowest BCUT2D eigenvalue weighted by atomic mass is 9.43. The number of aliphatic hydroxyl groups is 9. The van der Waals surface area contributed by atoms with E-state index in [-0.39, 0.29) is 54.8 Å². The van der Waals surface area contributed by atoms with Crippen LogP contribution in [0.5, 0.6) is 0 Å². The Hall–Kier alpha value is -0.780. The van der Waals surface area contributed by atoms with Crippen LogP contribution in [0.2, 0.25) is 0 Å². The normalized spacial score (nSPS) is 52.1. The summed E-state index contributed by atoms with van der Waals surface area (Å²) in [5.74, 6) is -0.204. The molecule has 13 nitrogen and oxygen atoms in total. The molecule has 6 aliphatic rings. The largest absolute Gasteiger partial charge is 0.393 e. The number of rotatable bonds is 9. The van der Waals surface area contributed by atoms with Gasteiger partial charge in [-0.1, -0.05) is 40.7 Å². The van der Waals surface area contributed by atoms with Crippen molar-refractivity contribution in [3.05, 3.63) is 11.6 Å². The summed E-state index contributed by atoms with van der Waals surface area (Å²) in [5, 5.41) is 96.9. The second-order valence-electron chi connectivity index (χ2n) is 17.4. The van der Waals surface area contributed by atoms with E-state index in [2.05, 4.69) is 20.8 Å². The summed E-state index contributed by atoms with van der Waals surface area (Å²) in [7, 11) is 0. The summed E-state index contributed by atoms with van der Waals surface area (Å²) in [6.45, 7) is 10.3. The van der Waals surface area contributed by atoms with Gasteiger partial charge in [0.15, 0.2) is 12.6 Å². The van der Waals surface area contributed by atoms with Gasteiger partial charge in [-0.25, -0.2) is 0 Å². The average molecular weight is 715 g/mol. The molecule has 0 spiro atoms. The zero-order valence-electron chi connectivity index (χ0n) is 30.1.